The molecule has 2 aromatic carbocycles. The highest BCUT2D eigenvalue weighted by atomic mass is 32.2. The van der Waals surface area contributed by atoms with Crippen LogP contribution in [0.1, 0.15) is 31.4 Å². The Hall–Kier alpha value is -1.94. The molecule has 0 saturated carbocycles. The van der Waals surface area contributed by atoms with E-state index in [1.54, 1.807) is 7.11 Å². The highest BCUT2D eigenvalue weighted by Gasteiger charge is 2.13. The van der Waals surface area contributed by atoms with Crippen LogP contribution in [0.5, 0.6) is 5.75 Å². The SMILES string of the molecule is CCC[C@H](NC(=O)CSc1ccc(OC)cc1)c1ccccc1. The lowest BCUT2D eigenvalue weighted by molar-refractivity contribution is -0.119. The van der Waals surface area contributed by atoms with Crippen LogP contribution in [0.25, 0.3) is 0 Å². The maximum absolute atomic E-state index is 12.2. The highest BCUT2D eigenvalue weighted by Crippen LogP contribution is 2.22. The summed E-state index contributed by atoms with van der Waals surface area (Å²) in [6, 6.07) is 18.0. The zero-order valence-corrected chi connectivity index (χ0v) is 14.4. The van der Waals surface area contributed by atoms with Crippen LogP contribution in [0.15, 0.2) is 59.5 Å². The monoisotopic (exact) mass is 329 g/mol. The molecule has 1 N–H and O–H groups in total. The predicted octanol–water partition coefficient (Wildman–Crippen LogP) is 4.44. The molecule has 0 bridgehead atoms. The Morgan fingerprint density at radius 1 is 1.13 bits per heavy atom. The van der Waals surface area contributed by atoms with Crippen molar-refractivity contribution in [2.24, 2.45) is 0 Å². The van der Waals surface area contributed by atoms with E-state index in [-0.39, 0.29) is 11.9 Å². The van der Waals surface area contributed by atoms with Gasteiger partial charge in [-0.05, 0) is 36.2 Å². The predicted molar refractivity (Wildman–Crippen MR) is 96.0 cm³/mol. The highest BCUT2D eigenvalue weighted by molar-refractivity contribution is 8.00. The van der Waals surface area contributed by atoms with Crippen LogP contribution in [0.3, 0.4) is 0 Å². The van der Waals surface area contributed by atoms with Crippen LogP contribution < -0.4 is 10.1 Å². The molecule has 0 spiro atoms. The summed E-state index contributed by atoms with van der Waals surface area (Å²) in [6.45, 7) is 2.13. The Balaban J connectivity index is 1.88. The van der Waals surface area contributed by atoms with Gasteiger partial charge in [0, 0.05) is 4.90 Å². The van der Waals surface area contributed by atoms with Gasteiger partial charge in [0.1, 0.15) is 5.75 Å². The number of methoxy groups -OCH3 is 1. The van der Waals surface area contributed by atoms with E-state index in [2.05, 4.69) is 24.4 Å². The lowest BCUT2D eigenvalue weighted by Crippen LogP contribution is -2.29. The number of amides is 1. The van der Waals surface area contributed by atoms with Gasteiger partial charge < -0.3 is 10.1 Å². The second kappa shape index (κ2) is 9.26. The number of ether oxygens (including phenoxy) is 1. The summed E-state index contributed by atoms with van der Waals surface area (Å²) < 4.78 is 5.13. The Bertz CT molecular complexity index is 599. The molecule has 3 nitrogen and oxygen atoms in total. The number of thioether (sulfide) groups is 1. The quantitative estimate of drug-likeness (QED) is 0.727. The number of benzene rings is 2. The third-order valence-electron chi connectivity index (χ3n) is 3.54. The first-order valence-electron chi connectivity index (χ1n) is 7.84. The van der Waals surface area contributed by atoms with E-state index in [1.165, 1.54) is 11.8 Å². The molecule has 0 fully saturated rings. The minimum atomic E-state index is 0.0631. The van der Waals surface area contributed by atoms with Crippen molar-refractivity contribution in [1.82, 2.24) is 5.32 Å². The van der Waals surface area contributed by atoms with Gasteiger partial charge in [0.2, 0.25) is 5.91 Å². The molecule has 0 heterocycles. The molecule has 0 radical (unpaired) electrons. The average Bonchev–Trinajstić information content (AvgIpc) is 2.61. The molecule has 0 unspecified atom stereocenters. The summed E-state index contributed by atoms with van der Waals surface area (Å²) in [5.41, 5.74) is 1.16. The number of hydrogen-bond donors (Lipinski definition) is 1. The molecular weight excluding hydrogens is 306 g/mol. The molecule has 23 heavy (non-hydrogen) atoms. The second-order valence-electron chi connectivity index (χ2n) is 5.28. The van der Waals surface area contributed by atoms with Crippen molar-refractivity contribution >= 4 is 17.7 Å². The smallest absolute Gasteiger partial charge is 0.230 e. The first-order chi connectivity index (χ1) is 11.2. The van der Waals surface area contributed by atoms with Crippen molar-refractivity contribution < 1.29 is 9.53 Å². The van der Waals surface area contributed by atoms with Gasteiger partial charge in [-0.15, -0.1) is 11.8 Å². The molecule has 1 atom stereocenters. The largest absolute Gasteiger partial charge is 0.497 e. The Morgan fingerprint density at radius 3 is 2.43 bits per heavy atom. The number of rotatable bonds is 8. The Morgan fingerprint density at radius 2 is 1.83 bits per heavy atom. The minimum absolute atomic E-state index is 0.0631. The zero-order chi connectivity index (χ0) is 16.5. The molecule has 0 aliphatic rings. The lowest BCUT2D eigenvalue weighted by Gasteiger charge is -2.18. The fourth-order valence-electron chi connectivity index (χ4n) is 2.35. The number of nitrogens with one attached hydrogen (secondary N) is 1. The molecule has 0 aliphatic carbocycles. The molecule has 0 aromatic heterocycles. The third kappa shape index (κ3) is 5.64. The summed E-state index contributed by atoms with van der Waals surface area (Å²) in [5, 5.41) is 3.14. The molecule has 122 valence electrons. The van der Waals surface area contributed by atoms with E-state index in [0.29, 0.717) is 5.75 Å². The molecule has 1 amide bonds. The van der Waals surface area contributed by atoms with Crippen molar-refractivity contribution in [2.45, 2.75) is 30.7 Å². The Kier molecular flexibility index (Phi) is 7.01. The van der Waals surface area contributed by atoms with E-state index in [9.17, 15) is 4.79 Å². The molecule has 4 heteroatoms. The van der Waals surface area contributed by atoms with Crippen molar-refractivity contribution in [2.75, 3.05) is 12.9 Å². The van der Waals surface area contributed by atoms with Crippen LogP contribution in [0, 0.1) is 0 Å². The maximum Gasteiger partial charge on any atom is 0.230 e. The third-order valence-corrected chi connectivity index (χ3v) is 4.56. The van der Waals surface area contributed by atoms with Gasteiger partial charge in [0.15, 0.2) is 0 Å². The van der Waals surface area contributed by atoms with Crippen molar-refractivity contribution in [3.63, 3.8) is 0 Å². The van der Waals surface area contributed by atoms with E-state index >= 15 is 0 Å². The molecular formula is C19H23NO2S. The van der Waals surface area contributed by atoms with Gasteiger partial charge in [0.05, 0.1) is 18.9 Å². The molecule has 0 saturated heterocycles. The lowest BCUT2D eigenvalue weighted by atomic mass is 10.0. The van der Waals surface area contributed by atoms with Crippen LogP contribution in [-0.2, 0) is 4.79 Å². The summed E-state index contributed by atoms with van der Waals surface area (Å²) in [7, 11) is 1.65. The Labute approximate surface area is 142 Å². The fourth-order valence-corrected chi connectivity index (χ4v) is 3.06. The summed E-state index contributed by atoms with van der Waals surface area (Å²) in [6.07, 6.45) is 1.98. The van der Waals surface area contributed by atoms with Crippen LogP contribution >= 0.6 is 11.8 Å². The van der Waals surface area contributed by atoms with Gasteiger partial charge >= 0.3 is 0 Å². The zero-order valence-electron chi connectivity index (χ0n) is 13.6. The van der Waals surface area contributed by atoms with E-state index in [1.807, 2.05) is 42.5 Å². The van der Waals surface area contributed by atoms with Crippen LogP contribution in [0.4, 0.5) is 0 Å². The van der Waals surface area contributed by atoms with E-state index in [0.717, 1.165) is 29.1 Å². The van der Waals surface area contributed by atoms with E-state index in [4.69, 9.17) is 4.74 Å². The first kappa shape index (κ1) is 17.4. The summed E-state index contributed by atoms with van der Waals surface area (Å²) >= 11 is 1.54. The summed E-state index contributed by atoms with van der Waals surface area (Å²) in [5.74, 6) is 1.30. The van der Waals surface area contributed by atoms with Crippen molar-refractivity contribution in [3.8, 4) is 5.75 Å². The number of carbonyl (C=O) groups is 1. The summed E-state index contributed by atoms with van der Waals surface area (Å²) in [4.78, 5) is 13.3. The van der Waals surface area contributed by atoms with Gasteiger partial charge in [-0.2, -0.15) is 0 Å². The fraction of sp³-hybridized carbons (Fsp3) is 0.316. The van der Waals surface area contributed by atoms with Gasteiger partial charge in [-0.1, -0.05) is 43.7 Å². The first-order valence-corrected chi connectivity index (χ1v) is 8.82. The number of carbonyl (C=O) groups excluding carboxylic acids is 1. The van der Waals surface area contributed by atoms with Crippen LogP contribution in [0.2, 0.25) is 0 Å². The molecule has 2 rings (SSSR count). The number of hydrogen-bond acceptors (Lipinski definition) is 3. The second-order valence-corrected chi connectivity index (χ2v) is 6.33. The van der Waals surface area contributed by atoms with Crippen LogP contribution in [-0.4, -0.2) is 18.8 Å². The van der Waals surface area contributed by atoms with Gasteiger partial charge in [-0.3, -0.25) is 4.79 Å². The maximum atomic E-state index is 12.2. The van der Waals surface area contributed by atoms with Gasteiger partial charge in [-0.25, -0.2) is 0 Å². The minimum Gasteiger partial charge on any atom is -0.497 e. The normalized spacial score (nSPS) is 11.7. The van der Waals surface area contributed by atoms with E-state index < -0.39 is 0 Å². The molecule has 2 aromatic rings. The topological polar surface area (TPSA) is 38.3 Å². The van der Waals surface area contributed by atoms with Crippen molar-refractivity contribution in [3.05, 3.63) is 60.2 Å². The van der Waals surface area contributed by atoms with Crippen molar-refractivity contribution in [1.29, 1.82) is 0 Å². The standard InChI is InChI=1S/C19H23NO2S/c1-3-7-18(15-8-5-4-6-9-15)20-19(21)14-23-17-12-10-16(22-2)11-13-17/h4-6,8-13,18H,3,7,14H2,1-2H3,(H,20,21)/t18-/m0/s1. The molecule has 0 aliphatic heterocycles. The average molecular weight is 329 g/mol. The van der Waals surface area contributed by atoms with Gasteiger partial charge in [0.25, 0.3) is 0 Å².